The molecule has 3 saturated heterocycles. The molecule has 18 heteroatoms. The van der Waals surface area contributed by atoms with Crippen LogP contribution in [0.5, 0.6) is 23.0 Å². The molecule has 3 aliphatic heterocycles. The van der Waals surface area contributed by atoms with Crippen LogP contribution in [0.3, 0.4) is 0 Å². The Morgan fingerprint density at radius 2 is 1.46 bits per heavy atom. The highest BCUT2D eigenvalue weighted by Gasteiger charge is 2.53. The van der Waals surface area contributed by atoms with Crippen molar-refractivity contribution in [3.8, 4) is 34.3 Å². The van der Waals surface area contributed by atoms with Gasteiger partial charge < -0.3 is 83.9 Å². The number of hydrogen-bond donors (Lipinski definition) is 10. The van der Waals surface area contributed by atoms with Crippen LogP contribution < -0.4 is 14.9 Å². The van der Waals surface area contributed by atoms with Crippen molar-refractivity contribution < 1.29 is 83.9 Å². The fraction of sp³-hybridized carbons (Fsp3) is 0.531. The summed E-state index contributed by atoms with van der Waals surface area (Å²) in [4.78, 5) is 14.0. The Balaban J connectivity index is 1.31. The molecule has 0 aliphatic carbocycles. The molecule has 2 aromatic carbocycles. The average molecular weight is 711 g/mol. The minimum Gasteiger partial charge on any atom is -0.508 e. The Morgan fingerprint density at radius 3 is 2.12 bits per heavy atom. The van der Waals surface area contributed by atoms with Gasteiger partial charge in [0.1, 0.15) is 76.5 Å². The first-order chi connectivity index (χ1) is 23.6. The number of hydrogen-bond acceptors (Lipinski definition) is 18. The van der Waals surface area contributed by atoms with Crippen LogP contribution in [-0.2, 0) is 18.9 Å². The summed E-state index contributed by atoms with van der Waals surface area (Å²) in [5.41, 5.74) is -3.03. The molecular formula is C32H38O18. The quantitative estimate of drug-likeness (QED) is 0.118. The molecule has 0 spiro atoms. The van der Waals surface area contributed by atoms with E-state index in [0.717, 1.165) is 6.07 Å². The Bertz CT molecular complexity index is 1730. The van der Waals surface area contributed by atoms with Gasteiger partial charge in [0.15, 0.2) is 12.1 Å². The van der Waals surface area contributed by atoms with Crippen LogP contribution >= 0.6 is 0 Å². The third kappa shape index (κ3) is 6.49. The number of aliphatic hydroxyl groups is 8. The number of fused-ring (bicyclic) bond motifs is 1. The van der Waals surface area contributed by atoms with Crippen LogP contribution in [0.15, 0.2) is 45.6 Å². The van der Waals surface area contributed by atoms with E-state index in [-0.39, 0.29) is 28.4 Å². The van der Waals surface area contributed by atoms with E-state index in [1.54, 1.807) is 0 Å². The summed E-state index contributed by atoms with van der Waals surface area (Å²) in [5.74, 6) is -1.79. The Kier molecular flexibility index (Phi) is 10.0. The molecule has 0 amide bonds. The summed E-state index contributed by atoms with van der Waals surface area (Å²) in [6, 6.07) is 7.55. The third-order valence-electron chi connectivity index (χ3n) is 8.98. The normalized spacial score (nSPS) is 37.6. The fourth-order valence-electron chi connectivity index (χ4n) is 5.95. The van der Waals surface area contributed by atoms with Gasteiger partial charge in [0.2, 0.25) is 23.8 Å². The number of aliphatic hydroxyl groups excluding tert-OH is 7. The van der Waals surface area contributed by atoms with Crippen LogP contribution in [0.1, 0.15) is 13.8 Å². The van der Waals surface area contributed by atoms with Gasteiger partial charge in [0, 0.05) is 17.7 Å². The largest absolute Gasteiger partial charge is 0.508 e. The van der Waals surface area contributed by atoms with E-state index in [0.29, 0.717) is 0 Å². The van der Waals surface area contributed by atoms with Gasteiger partial charge in [0.05, 0.1) is 25.4 Å². The van der Waals surface area contributed by atoms with Crippen molar-refractivity contribution in [3.05, 3.63) is 46.6 Å². The predicted octanol–water partition coefficient (Wildman–Crippen LogP) is -2.25. The lowest BCUT2D eigenvalue weighted by Crippen LogP contribution is -2.60. The third-order valence-corrected chi connectivity index (χ3v) is 8.98. The molecule has 6 rings (SSSR count). The summed E-state index contributed by atoms with van der Waals surface area (Å²) in [5, 5.41) is 103. The van der Waals surface area contributed by atoms with Gasteiger partial charge in [-0.05, 0) is 38.1 Å². The number of rotatable bonds is 8. The van der Waals surface area contributed by atoms with Crippen LogP contribution in [0.25, 0.3) is 22.3 Å². The van der Waals surface area contributed by atoms with E-state index in [2.05, 4.69) is 0 Å². The monoisotopic (exact) mass is 710 g/mol. The molecule has 3 fully saturated rings. The van der Waals surface area contributed by atoms with Crippen molar-refractivity contribution in [2.75, 3.05) is 13.2 Å². The lowest BCUT2D eigenvalue weighted by molar-refractivity contribution is -0.306. The first-order valence-corrected chi connectivity index (χ1v) is 15.6. The molecule has 0 unspecified atom stereocenters. The summed E-state index contributed by atoms with van der Waals surface area (Å²) >= 11 is 0. The average Bonchev–Trinajstić information content (AvgIpc) is 3.37. The van der Waals surface area contributed by atoms with Crippen molar-refractivity contribution >= 4 is 11.0 Å². The fourth-order valence-corrected chi connectivity index (χ4v) is 5.95. The first kappa shape index (κ1) is 36.2. The zero-order valence-corrected chi connectivity index (χ0v) is 26.5. The molecule has 18 nitrogen and oxygen atoms in total. The zero-order valence-electron chi connectivity index (χ0n) is 26.5. The molecule has 50 heavy (non-hydrogen) atoms. The number of ether oxygens (including phenoxy) is 6. The number of benzene rings is 2. The van der Waals surface area contributed by atoms with Crippen molar-refractivity contribution in [1.29, 1.82) is 0 Å². The molecule has 10 N–H and O–H groups in total. The smallest absolute Gasteiger partial charge is 0.239 e. The van der Waals surface area contributed by atoms with Gasteiger partial charge in [-0.25, -0.2) is 0 Å². The van der Waals surface area contributed by atoms with Crippen LogP contribution in [0.2, 0.25) is 0 Å². The maximum atomic E-state index is 14.0. The molecule has 3 aromatic rings. The highest BCUT2D eigenvalue weighted by atomic mass is 16.7. The lowest BCUT2D eigenvalue weighted by atomic mass is 9.98. The number of aromatic hydroxyl groups is 2. The number of phenolic OH excluding ortho intramolecular Hbond substituents is 2. The SMILES string of the molecule is C[C@@H]1O[C@@H](Oc2cc(O)c3c(=O)c(O[C@H]4O[C@H](C)[C@@H](O[C@H]5OC[C@](O)(CO)[C@@H]5O)[C@H](O)[C@@H]4O)c(-c4ccc(O)cc4)oc3c2)[C@H](O)[C@H](O)[C@H]1O. The standard InChI is InChI=1S/C32H38O18/c1-11-19(36)21(38)23(40)29(45-11)47-15-7-16(35)18-17(8-15)48-26(13-3-5-14(34)6-4-13)27(20(18)37)50-30-24(41)22(39)25(12(2)46-30)49-31-28(42)32(43,9-33)10-44-31/h3-8,11-12,19,21-25,28-31,33-36,38-43H,9-10H2,1-2H3/t11-,12+,19-,21+,22+,23+,24-,25+,28+,29-,30+,31+,32+/m0/s1. The second-order valence-corrected chi connectivity index (χ2v) is 12.5. The zero-order chi connectivity index (χ0) is 36.2. The molecule has 1 aromatic heterocycles. The first-order valence-electron chi connectivity index (χ1n) is 15.6. The van der Waals surface area contributed by atoms with Crippen molar-refractivity contribution in [1.82, 2.24) is 0 Å². The summed E-state index contributed by atoms with van der Waals surface area (Å²) < 4.78 is 39.6. The highest BCUT2D eigenvalue weighted by Crippen LogP contribution is 2.39. The van der Waals surface area contributed by atoms with E-state index in [9.17, 15) is 55.9 Å². The minimum absolute atomic E-state index is 0.122. The molecule has 274 valence electrons. The predicted molar refractivity (Wildman–Crippen MR) is 164 cm³/mol. The molecule has 0 radical (unpaired) electrons. The van der Waals surface area contributed by atoms with Gasteiger partial charge in [-0.1, -0.05) is 0 Å². The van der Waals surface area contributed by atoms with Crippen molar-refractivity contribution in [2.24, 2.45) is 0 Å². The summed E-state index contributed by atoms with van der Waals surface area (Å²) in [6.07, 6.45) is -18.1. The molecule has 4 heterocycles. The maximum absolute atomic E-state index is 14.0. The minimum atomic E-state index is -2.01. The highest BCUT2D eigenvalue weighted by molar-refractivity contribution is 5.88. The van der Waals surface area contributed by atoms with Gasteiger partial charge in [-0.2, -0.15) is 0 Å². The molecule has 3 aliphatic rings. The number of phenols is 2. The van der Waals surface area contributed by atoms with Crippen molar-refractivity contribution in [2.45, 2.75) is 93.3 Å². The maximum Gasteiger partial charge on any atom is 0.239 e. The Morgan fingerprint density at radius 1 is 0.820 bits per heavy atom. The van der Waals surface area contributed by atoms with E-state index in [1.165, 1.54) is 44.2 Å². The summed E-state index contributed by atoms with van der Waals surface area (Å²) in [6.45, 7) is 1.58. The molecule has 13 atom stereocenters. The second kappa shape index (κ2) is 13.8. The molecule has 0 bridgehead atoms. The molecular weight excluding hydrogens is 672 g/mol. The van der Waals surface area contributed by atoms with Gasteiger partial charge in [0.25, 0.3) is 0 Å². The second-order valence-electron chi connectivity index (χ2n) is 12.5. The van der Waals surface area contributed by atoms with E-state index in [1.807, 2.05) is 0 Å². The van der Waals surface area contributed by atoms with E-state index >= 15 is 0 Å². The molecule has 0 saturated carbocycles. The van der Waals surface area contributed by atoms with Crippen molar-refractivity contribution in [3.63, 3.8) is 0 Å². The van der Waals surface area contributed by atoms with Gasteiger partial charge in [-0.3, -0.25) is 4.79 Å². The van der Waals surface area contributed by atoms with Gasteiger partial charge >= 0.3 is 0 Å². The van der Waals surface area contributed by atoms with E-state index < -0.39 is 115 Å². The Hall–Kier alpha value is -3.63. The van der Waals surface area contributed by atoms with Crippen LogP contribution in [0, 0.1) is 0 Å². The topological polar surface area (TPSA) is 288 Å². The lowest BCUT2D eigenvalue weighted by Gasteiger charge is -2.42. The van der Waals surface area contributed by atoms with Gasteiger partial charge in [-0.15, -0.1) is 0 Å². The Labute approximate surface area is 282 Å². The van der Waals surface area contributed by atoms with Crippen LogP contribution in [0.4, 0.5) is 0 Å². The van der Waals surface area contributed by atoms with E-state index in [4.69, 9.17) is 32.8 Å². The summed E-state index contributed by atoms with van der Waals surface area (Å²) in [7, 11) is 0. The van der Waals surface area contributed by atoms with Crippen LogP contribution in [-0.4, -0.2) is 144 Å².